The van der Waals surface area contributed by atoms with Crippen LogP contribution in [0.15, 0.2) is 0 Å². The average molecular weight is 210 g/mol. The Hall–Kier alpha value is -0.230. The van der Waals surface area contributed by atoms with Crippen LogP contribution in [0.5, 0.6) is 0 Å². The third-order valence-corrected chi connectivity index (χ3v) is 1.99. The van der Waals surface area contributed by atoms with Gasteiger partial charge in [-0.1, -0.05) is 13.8 Å². The van der Waals surface area contributed by atoms with Crippen LogP contribution in [-0.2, 0) is 0 Å². The number of alkyl halides is 1. The quantitative estimate of drug-likeness (QED) is 0.474. The number of hydrogen-bond acceptors (Lipinski definition) is 4. The Morgan fingerprint density at radius 1 is 1.07 bits per heavy atom. The van der Waals surface area contributed by atoms with Crippen molar-refractivity contribution in [1.29, 1.82) is 0 Å². The van der Waals surface area contributed by atoms with Gasteiger partial charge in [0.05, 0.1) is 12.7 Å². The van der Waals surface area contributed by atoms with Gasteiger partial charge >= 0.3 is 0 Å². The molecule has 0 amide bonds. The van der Waals surface area contributed by atoms with Crippen LogP contribution in [0.25, 0.3) is 0 Å². The van der Waals surface area contributed by atoms with Crippen LogP contribution in [0.4, 0.5) is 4.39 Å². The van der Waals surface area contributed by atoms with Gasteiger partial charge in [-0.25, -0.2) is 4.39 Å². The monoisotopic (exact) mass is 210 g/mol. The van der Waals surface area contributed by atoms with E-state index in [1.54, 1.807) is 0 Å². The fraction of sp³-hybridized carbons (Fsp3) is 1.00. The van der Waals surface area contributed by atoms with Crippen molar-refractivity contribution in [2.24, 2.45) is 5.92 Å². The molecule has 0 saturated carbocycles. The Bertz CT molecular complexity index is 154. The van der Waals surface area contributed by atoms with Crippen LogP contribution in [0.1, 0.15) is 20.3 Å². The maximum Gasteiger partial charge on any atom is 0.156 e. The van der Waals surface area contributed by atoms with E-state index in [4.69, 9.17) is 10.2 Å². The zero-order chi connectivity index (χ0) is 11.3. The van der Waals surface area contributed by atoms with E-state index < -0.39 is 31.1 Å². The zero-order valence-electron chi connectivity index (χ0n) is 8.47. The summed E-state index contributed by atoms with van der Waals surface area (Å²) in [4.78, 5) is 0. The molecule has 0 aliphatic carbocycles. The maximum absolute atomic E-state index is 13.1. The topological polar surface area (TPSA) is 80.9 Å². The second kappa shape index (κ2) is 6.29. The lowest BCUT2D eigenvalue weighted by molar-refractivity contribution is -0.0859. The first-order chi connectivity index (χ1) is 6.40. The van der Waals surface area contributed by atoms with Gasteiger partial charge in [-0.2, -0.15) is 0 Å². The van der Waals surface area contributed by atoms with Crippen LogP contribution < -0.4 is 0 Å². The minimum atomic E-state index is -2.02. The largest absolute Gasteiger partial charge is 0.394 e. The Balaban J connectivity index is 4.09. The normalized spacial score (nSPS) is 20.6. The summed E-state index contributed by atoms with van der Waals surface area (Å²) in [7, 11) is 0. The van der Waals surface area contributed by atoms with Gasteiger partial charge in [0.15, 0.2) is 6.17 Å². The fourth-order valence-corrected chi connectivity index (χ4v) is 1.16. The molecule has 0 radical (unpaired) electrons. The van der Waals surface area contributed by atoms with E-state index >= 15 is 0 Å². The molecule has 0 aliphatic heterocycles. The van der Waals surface area contributed by atoms with Gasteiger partial charge in [0.25, 0.3) is 0 Å². The first-order valence-electron chi connectivity index (χ1n) is 4.69. The van der Waals surface area contributed by atoms with E-state index in [0.29, 0.717) is 0 Å². The molecule has 14 heavy (non-hydrogen) atoms. The fourth-order valence-electron chi connectivity index (χ4n) is 1.16. The lowest BCUT2D eigenvalue weighted by Crippen LogP contribution is -2.43. The molecule has 4 nitrogen and oxygen atoms in total. The smallest absolute Gasteiger partial charge is 0.156 e. The Morgan fingerprint density at radius 3 is 1.93 bits per heavy atom. The molecule has 0 aliphatic rings. The molecule has 5 heteroatoms. The molecule has 0 fully saturated rings. The van der Waals surface area contributed by atoms with Crippen LogP contribution in [0.3, 0.4) is 0 Å². The summed E-state index contributed by atoms with van der Waals surface area (Å²) >= 11 is 0. The third kappa shape index (κ3) is 4.32. The van der Waals surface area contributed by atoms with Crippen molar-refractivity contribution in [2.75, 3.05) is 6.61 Å². The number of aliphatic hydroxyl groups excluding tert-OH is 4. The van der Waals surface area contributed by atoms with Gasteiger partial charge in [-0.15, -0.1) is 0 Å². The summed E-state index contributed by atoms with van der Waals surface area (Å²) in [6.07, 6.45) is -6.29. The molecule has 4 N–H and O–H groups in total. The van der Waals surface area contributed by atoms with Gasteiger partial charge in [0.2, 0.25) is 0 Å². The molecule has 0 saturated heterocycles. The molecular formula is C9H19FO4. The summed E-state index contributed by atoms with van der Waals surface area (Å²) in [5, 5.41) is 35.9. The van der Waals surface area contributed by atoms with Crippen molar-refractivity contribution in [3.8, 4) is 0 Å². The second-order valence-electron chi connectivity index (χ2n) is 3.88. The molecule has 0 unspecified atom stereocenters. The zero-order valence-corrected chi connectivity index (χ0v) is 8.47. The summed E-state index contributed by atoms with van der Waals surface area (Å²) in [6.45, 7) is 2.88. The van der Waals surface area contributed by atoms with Crippen molar-refractivity contribution in [3.05, 3.63) is 0 Å². The molecular weight excluding hydrogens is 191 g/mol. The molecule has 86 valence electrons. The molecule has 4 atom stereocenters. The summed E-state index contributed by atoms with van der Waals surface area (Å²) < 4.78 is 13.1. The van der Waals surface area contributed by atoms with Gasteiger partial charge in [0, 0.05) is 0 Å². The van der Waals surface area contributed by atoms with Crippen molar-refractivity contribution >= 4 is 0 Å². The highest BCUT2D eigenvalue weighted by atomic mass is 19.1. The number of aliphatic hydroxyl groups is 4. The SMILES string of the molecule is CC(C)C[C@@H](O)[C@@H](O)[C@H](F)[C@@H](O)CO. The maximum atomic E-state index is 13.1. The number of rotatable bonds is 6. The molecule has 0 spiro atoms. The number of halogens is 1. The Morgan fingerprint density at radius 2 is 1.57 bits per heavy atom. The minimum absolute atomic E-state index is 0.123. The first kappa shape index (κ1) is 13.8. The first-order valence-corrected chi connectivity index (χ1v) is 4.69. The predicted molar refractivity (Wildman–Crippen MR) is 49.5 cm³/mol. The molecule has 0 rings (SSSR count). The van der Waals surface area contributed by atoms with Crippen molar-refractivity contribution in [2.45, 2.75) is 44.8 Å². The highest BCUT2D eigenvalue weighted by molar-refractivity contribution is 4.81. The lowest BCUT2D eigenvalue weighted by atomic mass is 9.97. The molecule has 0 aromatic heterocycles. The third-order valence-electron chi connectivity index (χ3n) is 1.99. The van der Waals surface area contributed by atoms with E-state index in [-0.39, 0.29) is 12.3 Å². The lowest BCUT2D eigenvalue weighted by Gasteiger charge is -2.24. The molecule has 0 heterocycles. The second-order valence-corrected chi connectivity index (χ2v) is 3.88. The van der Waals surface area contributed by atoms with Crippen LogP contribution in [-0.4, -0.2) is 51.5 Å². The Labute approximate surface area is 83.0 Å². The molecule has 0 aromatic carbocycles. The van der Waals surface area contributed by atoms with Crippen molar-refractivity contribution in [1.82, 2.24) is 0 Å². The van der Waals surface area contributed by atoms with Gasteiger partial charge in [-0.3, -0.25) is 0 Å². The Kier molecular flexibility index (Phi) is 6.19. The van der Waals surface area contributed by atoms with Gasteiger partial charge < -0.3 is 20.4 Å². The van der Waals surface area contributed by atoms with E-state index in [1.807, 2.05) is 13.8 Å². The van der Waals surface area contributed by atoms with Gasteiger partial charge in [0.1, 0.15) is 12.2 Å². The van der Waals surface area contributed by atoms with E-state index in [0.717, 1.165) is 0 Å². The highest BCUT2D eigenvalue weighted by Gasteiger charge is 2.31. The van der Waals surface area contributed by atoms with E-state index in [2.05, 4.69) is 0 Å². The van der Waals surface area contributed by atoms with Crippen LogP contribution in [0, 0.1) is 5.92 Å². The standard InChI is InChI=1S/C9H19FO4/c1-5(2)3-6(12)9(14)8(10)7(13)4-11/h5-9,11-14H,3-4H2,1-2H3/t6-,7+,8-,9-/m1/s1. The predicted octanol–water partition coefficient (Wildman–Crippen LogP) is -0.554. The number of hydrogen-bond donors (Lipinski definition) is 4. The van der Waals surface area contributed by atoms with Crippen molar-refractivity contribution in [3.63, 3.8) is 0 Å². The minimum Gasteiger partial charge on any atom is -0.394 e. The average Bonchev–Trinajstić information content (AvgIpc) is 2.13. The summed E-state index contributed by atoms with van der Waals surface area (Å²) in [5.74, 6) is 0.123. The highest BCUT2D eigenvalue weighted by Crippen LogP contribution is 2.14. The van der Waals surface area contributed by atoms with Crippen molar-refractivity contribution < 1.29 is 24.8 Å². The van der Waals surface area contributed by atoms with Gasteiger partial charge in [-0.05, 0) is 12.3 Å². The molecule has 0 bridgehead atoms. The van der Waals surface area contributed by atoms with Crippen LogP contribution in [0.2, 0.25) is 0 Å². The van der Waals surface area contributed by atoms with Crippen LogP contribution >= 0.6 is 0 Å². The summed E-state index contributed by atoms with van der Waals surface area (Å²) in [6, 6.07) is 0. The van der Waals surface area contributed by atoms with E-state index in [9.17, 15) is 14.6 Å². The van der Waals surface area contributed by atoms with E-state index in [1.165, 1.54) is 0 Å². The summed E-state index contributed by atoms with van der Waals surface area (Å²) in [5.41, 5.74) is 0. The molecule has 0 aromatic rings.